The molecule has 6 nitrogen and oxygen atoms in total. The molecule has 0 aliphatic carbocycles. The van der Waals surface area contributed by atoms with Gasteiger partial charge in [-0.25, -0.2) is 4.79 Å². The van der Waals surface area contributed by atoms with Crippen LogP contribution in [0.1, 0.15) is 39.5 Å². The molecule has 2 heterocycles. The Balaban J connectivity index is 1.81. The third-order valence-electron chi connectivity index (χ3n) is 4.14. The first-order valence-electron chi connectivity index (χ1n) is 7.30. The second-order valence-corrected chi connectivity index (χ2v) is 6.34. The van der Waals surface area contributed by atoms with E-state index in [1.54, 1.807) is 0 Å². The van der Waals surface area contributed by atoms with Crippen LogP contribution in [0.25, 0.3) is 0 Å². The Morgan fingerprint density at radius 3 is 2.75 bits per heavy atom. The summed E-state index contributed by atoms with van der Waals surface area (Å²) < 4.78 is 5.73. The van der Waals surface area contributed by atoms with Gasteiger partial charge in [0.05, 0.1) is 12.1 Å². The van der Waals surface area contributed by atoms with E-state index >= 15 is 0 Å². The molecule has 114 valence electrons. The number of amides is 2. The quantitative estimate of drug-likeness (QED) is 0.749. The summed E-state index contributed by atoms with van der Waals surface area (Å²) in [7, 11) is 0. The van der Waals surface area contributed by atoms with Crippen molar-refractivity contribution < 1.29 is 19.4 Å². The minimum atomic E-state index is -0.832. The van der Waals surface area contributed by atoms with Gasteiger partial charge in [-0.3, -0.25) is 4.79 Å². The van der Waals surface area contributed by atoms with Crippen molar-refractivity contribution in [2.75, 3.05) is 19.7 Å². The summed E-state index contributed by atoms with van der Waals surface area (Å²) >= 11 is 0. The first-order valence-corrected chi connectivity index (χ1v) is 7.30. The van der Waals surface area contributed by atoms with Gasteiger partial charge < -0.3 is 20.1 Å². The van der Waals surface area contributed by atoms with Gasteiger partial charge in [0.25, 0.3) is 0 Å². The number of nitrogens with zero attached hydrogens (tertiary/aromatic N) is 1. The normalized spacial score (nSPS) is 28.0. The van der Waals surface area contributed by atoms with Crippen LogP contribution in [0.3, 0.4) is 0 Å². The maximum atomic E-state index is 12.1. The molecule has 0 radical (unpaired) electrons. The number of rotatable bonds is 5. The Kier molecular flexibility index (Phi) is 4.52. The van der Waals surface area contributed by atoms with Gasteiger partial charge in [-0.15, -0.1) is 0 Å². The third kappa shape index (κ3) is 3.23. The van der Waals surface area contributed by atoms with Crippen LogP contribution in [0.4, 0.5) is 4.79 Å². The second kappa shape index (κ2) is 5.99. The van der Waals surface area contributed by atoms with Crippen molar-refractivity contribution in [3.63, 3.8) is 0 Å². The van der Waals surface area contributed by atoms with E-state index in [0.717, 1.165) is 26.0 Å². The van der Waals surface area contributed by atoms with E-state index in [2.05, 4.69) is 19.2 Å². The summed E-state index contributed by atoms with van der Waals surface area (Å²) in [5, 5.41) is 11.4. The molecule has 20 heavy (non-hydrogen) atoms. The molecule has 2 fully saturated rings. The maximum Gasteiger partial charge on any atom is 0.317 e. The molecule has 0 aromatic carbocycles. The van der Waals surface area contributed by atoms with E-state index in [0.29, 0.717) is 13.0 Å². The minimum absolute atomic E-state index is 0.0843. The Morgan fingerprint density at radius 2 is 2.20 bits per heavy atom. The van der Waals surface area contributed by atoms with E-state index in [-0.39, 0.29) is 30.0 Å². The predicted octanol–water partition coefficient (Wildman–Crippen LogP) is 1.45. The topological polar surface area (TPSA) is 78.9 Å². The molecule has 2 aliphatic rings. The molecular formula is C14H24N2O4. The zero-order valence-corrected chi connectivity index (χ0v) is 12.2. The summed E-state index contributed by atoms with van der Waals surface area (Å²) in [5.41, 5.74) is 0.0907. The summed E-state index contributed by atoms with van der Waals surface area (Å²) in [5.74, 6) is -0.832. The summed E-state index contributed by atoms with van der Waals surface area (Å²) in [4.78, 5) is 24.4. The highest BCUT2D eigenvalue weighted by atomic mass is 16.5. The van der Waals surface area contributed by atoms with E-state index in [1.165, 1.54) is 0 Å². The lowest BCUT2D eigenvalue weighted by molar-refractivity contribution is -0.137. The fourth-order valence-corrected chi connectivity index (χ4v) is 3.23. The number of nitrogens with one attached hydrogen (secondary N) is 1. The molecule has 0 aromatic rings. The van der Waals surface area contributed by atoms with E-state index in [9.17, 15) is 9.59 Å². The average Bonchev–Trinajstić information content (AvgIpc) is 2.84. The summed E-state index contributed by atoms with van der Waals surface area (Å²) in [6.07, 6.45) is 2.76. The van der Waals surface area contributed by atoms with Crippen molar-refractivity contribution in [1.82, 2.24) is 10.2 Å². The lowest BCUT2D eigenvalue weighted by Crippen LogP contribution is -2.69. The molecule has 2 N–H and O–H groups in total. The van der Waals surface area contributed by atoms with Crippen molar-refractivity contribution in [3.05, 3.63) is 0 Å². The van der Waals surface area contributed by atoms with Gasteiger partial charge in [0.1, 0.15) is 0 Å². The first kappa shape index (κ1) is 15.1. The number of aliphatic carboxylic acids is 1. The molecule has 2 atom stereocenters. The first-order chi connectivity index (χ1) is 9.42. The van der Waals surface area contributed by atoms with Gasteiger partial charge in [-0.05, 0) is 19.3 Å². The molecule has 0 aromatic heterocycles. The molecule has 2 aliphatic heterocycles. The van der Waals surface area contributed by atoms with Gasteiger partial charge >= 0.3 is 12.0 Å². The monoisotopic (exact) mass is 284 g/mol. The molecule has 0 bridgehead atoms. The SMILES string of the molecule is CC1(C)CN(C(=O)NCCCC(=O)O)C1C1CCCO1. The smallest absolute Gasteiger partial charge is 0.317 e. The Morgan fingerprint density at radius 1 is 1.45 bits per heavy atom. The van der Waals surface area contributed by atoms with Crippen LogP contribution in [-0.2, 0) is 9.53 Å². The zero-order chi connectivity index (χ0) is 14.8. The largest absolute Gasteiger partial charge is 0.481 e. The molecule has 6 heteroatoms. The van der Waals surface area contributed by atoms with E-state index in [1.807, 2.05) is 4.90 Å². The molecule has 0 saturated carbocycles. The van der Waals surface area contributed by atoms with Crippen molar-refractivity contribution in [3.8, 4) is 0 Å². The van der Waals surface area contributed by atoms with Gasteiger partial charge in [-0.1, -0.05) is 13.8 Å². The number of carbonyl (C=O) groups excluding carboxylic acids is 1. The lowest BCUT2D eigenvalue weighted by atomic mass is 9.72. The number of carbonyl (C=O) groups is 2. The number of carboxylic acids is 1. The number of hydrogen-bond acceptors (Lipinski definition) is 3. The Hall–Kier alpha value is -1.30. The molecule has 2 saturated heterocycles. The second-order valence-electron chi connectivity index (χ2n) is 6.34. The number of hydrogen-bond donors (Lipinski definition) is 2. The van der Waals surface area contributed by atoms with Gasteiger partial charge in [0.2, 0.25) is 0 Å². The molecular weight excluding hydrogens is 260 g/mol. The van der Waals surface area contributed by atoms with Crippen LogP contribution in [0.15, 0.2) is 0 Å². The fourth-order valence-electron chi connectivity index (χ4n) is 3.23. The molecule has 2 amide bonds. The molecule has 2 unspecified atom stereocenters. The van der Waals surface area contributed by atoms with Crippen LogP contribution in [0.5, 0.6) is 0 Å². The van der Waals surface area contributed by atoms with Crippen LogP contribution in [-0.4, -0.2) is 53.8 Å². The van der Waals surface area contributed by atoms with Crippen molar-refractivity contribution in [1.29, 1.82) is 0 Å². The highest BCUT2D eigenvalue weighted by molar-refractivity contribution is 5.76. The summed E-state index contributed by atoms with van der Waals surface area (Å²) in [6, 6.07) is 0.0275. The number of carboxylic acid groups (broad SMARTS) is 1. The number of likely N-dealkylation sites (tertiary alicyclic amines) is 1. The highest BCUT2D eigenvalue weighted by Gasteiger charge is 2.52. The van der Waals surface area contributed by atoms with Crippen LogP contribution < -0.4 is 5.32 Å². The zero-order valence-electron chi connectivity index (χ0n) is 12.2. The third-order valence-corrected chi connectivity index (χ3v) is 4.14. The van der Waals surface area contributed by atoms with Crippen LogP contribution in [0.2, 0.25) is 0 Å². The van der Waals surface area contributed by atoms with Gasteiger partial charge in [0.15, 0.2) is 0 Å². The maximum absolute atomic E-state index is 12.1. The van der Waals surface area contributed by atoms with Gasteiger partial charge in [0, 0.05) is 31.5 Å². The Labute approximate surface area is 119 Å². The summed E-state index contributed by atoms with van der Waals surface area (Å²) in [6.45, 7) is 6.23. The van der Waals surface area contributed by atoms with E-state index < -0.39 is 5.97 Å². The lowest BCUT2D eigenvalue weighted by Gasteiger charge is -2.56. The number of urea groups is 1. The Bertz CT molecular complexity index is 377. The van der Waals surface area contributed by atoms with Crippen molar-refractivity contribution in [2.45, 2.75) is 51.7 Å². The minimum Gasteiger partial charge on any atom is -0.481 e. The van der Waals surface area contributed by atoms with Crippen LogP contribution in [0, 0.1) is 5.41 Å². The molecule has 2 rings (SSSR count). The van der Waals surface area contributed by atoms with Gasteiger partial charge in [-0.2, -0.15) is 0 Å². The van der Waals surface area contributed by atoms with Crippen molar-refractivity contribution >= 4 is 12.0 Å². The number of ether oxygens (including phenoxy) is 1. The van der Waals surface area contributed by atoms with Crippen LogP contribution >= 0.6 is 0 Å². The predicted molar refractivity (Wildman–Crippen MR) is 73.5 cm³/mol. The van der Waals surface area contributed by atoms with E-state index in [4.69, 9.17) is 9.84 Å². The standard InChI is InChI=1S/C14H24N2O4/c1-14(2)9-16(12(14)10-5-4-8-20-10)13(19)15-7-3-6-11(17)18/h10,12H,3-9H2,1-2H3,(H,15,19)(H,17,18). The molecule has 0 spiro atoms. The highest BCUT2D eigenvalue weighted by Crippen LogP contribution is 2.42. The fraction of sp³-hybridized carbons (Fsp3) is 0.857. The average molecular weight is 284 g/mol. The van der Waals surface area contributed by atoms with Crippen molar-refractivity contribution in [2.24, 2.45) is 5.41 Å².